The fourth-order valence-corrected chi connectivity index (χ4v) is 7.31. The van der Waals surface area contributed by atoms with Crippen molar-refractivity contribution in [2.75, 3.05) is 32.8 Å². The number of hydrogen-bond acceptors (Lipinski definition) is 7. The lowest BCUT2D eigenvalue weighted by Gasteiger charge is -2.44. The van der Waals surface area contributed by atoms with Crippen LogP contribution in [-0.4, -0.2) is 77.8 Å². The smallest absolute Gasteiger partial charge is 0.323 e. The summed E-state index contributed by atoms with van der Waals surface area (Å²) in [6.07, 6.45) is 2.21. The Morgan fingerprint density at radius 2 is 1.82 bits per heavy atom. The van der Waals surface area contributed by atoms with E-state index in [1.54, 1.807) is 0 Å². The van der Waals surface area contributed by atoms with E-state index in [1.807, 2.05) is 4.90 Å². The second-order valence-electron chi connectivity index (χ2n) is 10.5. The number of carbonyl (C=O) groups excluding carboxylic acids is 2. The van der Waals surface area contributed by atoms with Crippen LogP contribution in [0.15, 0.2) is 29.2 Å². The number of nitrogens with one attached hydrogen (secondary N) is 1. The quantitative estimate of drug-likeness (QED) is 0.377. The number of imide groups is 1. The zero-order chi connectivity index (χ0) is 24.9. The predicted octanol–water partition coefficient (Wildman–Crippen LogP) is 2.00. The van der Waals surface area contributed by atoms with Crippen LogP contribution in [0.5, 0.6) is 0 Å². The molecule has 3 aliphatic rings. The first-order valence-electron chi connectivity index (χ1n) is 11.4. The molecular formula is C22H31N5O6S. The van der Waals surface area contributed by atoms with Gasteiger partial charge in [0.05, 0.1) is 16.5 Å². The summed E-state index contributed by atoms with van der Waals surface area (Å²) in [7, 11) is -3.89. The molecule has 186 valence electrons. The summed E-state index contributed by atoms with van der Waals surface area (Å²) in [4.78, 5) is 39.5. The molecule has 0 bridgehead atoms. The number of urea groups is 1. The van der Waals surface area contributed by atoms with E-state index in [-0.39, 0.29) is 41.7 Å². The molecule has 1 aromatic carbocycles. The molecule has 1 N–H and O–H groups in total. The van der Waals surface area contributed by atoms with Crippen molar-refractivity contribution < 1.29 is 22.9 Å². The van der Waals surface area contributed by atoms with Crippen molar-refractivity contribution in [2.45, 2.75) is 50.5 Å². The molecule has 3 fully saturated rings. The molecule has 0 unspecified atom stereocenters. The third-order valence-electron chi connectivity index (χ3n) is 6.96. The second-order valence-corrected chi connectivity index (χ2v) is 12.5. The van der Waals surface area contributed by atoms with Gasteiger partial charge in [0.2, 0.25) is 10.0 Å². The van der Waals surface area contributed by atoms with Crippen LogP contribution in [-0.2, 0) is 14.8 Å². The monoisotopic (exact) mass is 493 g/mol. The van der Waals surface area contributed by atoms with Crippen molar-refractivity contribution in [3.8, 4) is 0 Å². The van der Waals surface area contributed by atoms with Gasteiger partial charge in [0.1, 0.15) is 5.54 Å². The molecule has 1 aliphatic carbocycles. The molecule has 12 heteroatoms. The van der Waals surface area contributed by atoms with Crippen molar-refractivity contribution in [3.63, 3.8) is 0 Å². The van der Waals surface area contributed by atoms with Gasteiger partial charge in [-0.05, 0) is 36.7 Å². The number of nitro benzene ring substituents is 1. The number of hydrogen-bond donors (Lipinski definition) is 1. The number of non-ortho nitro benzene ring substituents is 1. The lowest BCUT2D eigenvalue weighted by Crippen LogP contribution is -2.55. The van der Waals surface area contributed by atoms with Crippen LogP contribution in [0.4, 0.5) is 10.5 Å². The number of piperazine rings is 1. The lowest BCUT2D eigenvalue weighted by molar-refractivity contribution is -0.385. The maximum absolute atomic E-state index is 13.3. The van der Waals surface area contributed by atoms with Crippen LogP contribution >= 0.6 is 0 Å². The molecular weight excluding hydrogens is 462 g/mol. The first kappa shape index (κ1) is 24.6. The van der Waals surface area contributed by atoms with E-state index < -0.39 is 26.5 Å². The Bertz CT molecular complexity index is 1110. The zero-order valence-corrected chi connectivity index (χ0v) is 20.5. The van der Waals surface area contributed by atoms with Gasteiger partial charge in [0, 0.05) is 38.3 Å². The molecule has 11 nitrogen and oxygen atoms in total. The Balaban J connectivity index is 1.41. The molecule has 2 heterocycles. The standard InChI is InChI=1S/C22H31N5O6S/c1-16-12-21(2,3)14-22(13-16)19(28)26(20(29)23-22)15-24-7-9-25(10-8-24)34(32,33)18-6-4-5-17(11-18)27(30)31/h4-6,11,16H,7-10,12-15H2,1-3H3,(H,23,29)/t16-,22-/m1/s1. The van der Waals surface area contributed by atoms with Gasteiger partial charge in [-0.15, -0.1) is 0 Å². The highest BCUT2D eigenvalue weighted by molar-refractivity contribution is 7.89. The molecule has 2 saturated heterocycles. The lowest BCUT2D eigenvalue weighted by atomic mass is 9.64. The van der Waals surface area contributed by atoms with E-state index >= 15 is 0 Å². The Labute approximate surface area is 199 Å². The highest BCUT2D eigenvalue weighted by Gasteiger charge is 2.56. The molecule has 2 atom stereocenters. The number of rotatable bonds is 5. The summed E-state index contributed by atoms with van der Waals surface area (Å²) in [6.45, 7) is 7.42. The number of amides is 3. The number of benzene rings is 1. The summed E-state index contributed by atoms with van der Waals surface area (Å²) in [5.74, 6) is 0.110. The molecule has 1 spiro atoms. The Kier molecular flexibility index (Phi) is 6.19. The average molecular weight is 494 g/mol. The van der Waals surface area contributed by atoms with E-state index in [1.165, 1.54) is 27.4 Å². The van der Waals surface area contributed by atoms with E-state index in [9.17, 15) is 28.1 Å². The fourth-order valence-electron chi connectivity index (χ4n) is 5.85. The van der Waals surface area contributed by atoms with Crippen LogP contribution < -0.4 is 5.32 Å². The topological polar surface area (TPSA) is 133 Å². The van der Waals surface area contributed by atoms with Crippen molar-refractivity contribution in [3.05, 3.63) is 34.4 Å². The minimum absolute atomic E-state index is 0.0525. The zero-order valence-electron chi connectivity index (χ0n) is 19.7. The normalized spacial score (nSPS) is 28.3. The van der Waals surface area contributed by atoms with Crippen molar-refractivity contribution >= 4 is 27.6 Å². The van der Waals surface area contributed by atoms with Gasteiger partial charge >= 0.3 is 6.03 Å². The number of nitro groups is 1. The summed E-state index contributed by atoms with van der Waals surface area (Å²) >= 11 is 0. The van der Waals surface area contributed by atoms with E-state index in [4.69, 9.17) is 0 Å². The first-order valence-corrected chi connectivity index (χ1v) is 12.9. The average Bonchev–Trinajstić information content (AvgIpc) is 2.96. The van der Waals surface area contributed by atoms with Crippen molar-refractivity contribution in [1.82, 2.24) is 19.4 Å². The summed E-state index contributed by atoms with van der Waals surface area (Å²) in [6, 6.07) is 4.59. The Morgan fingerprint density at radius 1 is 1.15 bits per heavy atom. The third kappa shape index (κ3) is 4.53. The van der Waals surface area contributed by atoms with Crippen LogP contribution in [0.2, 0.25) is 0 Å². The molecule has 3 amide bonds. The minimum atomic E-state index is -3.89. The largest absolute Gasteiger partial charge is 0.326 e. The van der Waals surface area contributed by atoms with Gasteiger partial charge in [-0.25, -0.2) is 18.1 Å². The Morgan fingerprint density at radius 3 is 2.44 bits per heavy atom. The van der Waals surface area contributed by atoms with E-state index in [2.05, 4.69) is 26.1 Å². The SMILES string of the molecule is C[C@@H]1CC(C)(C)C[C@@]2(C1)NC(=O)N(CN1CCN(S(=O)(=O)c3cccc([N+](=O)[O-])c3)CC1)C2=O. The van der Waals surface area contributed by atoms with Crippen LogP contribution in [0.25, 0.3) is 0 Å². The van der Waals surface area contributed by atoms with Gasteiger partial charge in [-0.1, -0.05) is 26.8 Å². The second kappa shape index (κ2) is 8.58. The van der Waals surface area contributed by atoms with Crippen LogP contribution in [0.1, 0.15) is 40.0 Å². The van der Waals surface area contributed by atoms with Gasteiger partial charge in [-0.3, -0.25) is 19.8 Å². The number of sulfonamides is 1. The van der Waals surface area contributed by atoms with Gasteiger partial charge in [-0.2, -0.15) is 4.31 Å². The highest BCUT2D eigenvalue weighted by atomic mass is 32.2. The molecule has 4 rings (SSSR count). The van der Waals surface area contributed by atoms with Crippen LogP contribution in [0, 0.1) is 21.4 Å². The van der Waals surface area contributed by atoms with E-state index in [0.29, 0.717) is 31.8 Å². The fraction of sp³-hybridized carbons (Fsp3) is 0.636. The molecule has 1 aromatic rings. The van der Waals surface area contributed by atoms with E-state index in [0.717, 1.165) is 12.5 Å². The summed E-state index contributed by atoms with van der Waals surface area (Å²) < 4.78 is 27.2. The van der Waals surface area contributed by atoms with Gasteiger partial charge < -0.3 is 5.32 Å². The molecule has 2 aliphatic heterocycles. The predicted molar refractivity (Wildman–Crippen MR) is 123 cm³/mol. The molecule has 1 saturated carbocycles. The third-order valence-corrected chi connectivity index (χ3v) is 8.86. The first-order chi connectivity index (χ1) is 15.8. The Hall–Kier alpha value is -2.57. The van der Waals surface area contributed by atoms with Gasteiger partial charge in [0.15, 0.2) is 0 Å². The maximum Gasteiger partial charge on any atom is 0.326 e. The highest BCUT2D eigenvalue weighted by Crippen LogP contribution is 2.46. The maximum atomic E-state index is 13.3. The summed E-state index contributed by atoms with van der Waals surface area (Å²) in [5.41, 5.74) is -1.21. The van der Waals surface area contributed by atoms with Crippen LogP contribution in [0.3, 0.4) is 0 Å². The molecule has 0 aromatic heterocycles. The molecule has 34 heavy (non-hydrogen) atoms. The number of nitrogens with zero attached hydrogens (tertiary/aromatic N) is 4. The molecule has 0 radical (unpaired) electrons. The number of carbonyl (C=O) groups is 2. The van der Waals surface area contributed by atoms with Crippen molar-refractivity contribution in [1.29, 1.82) is 0 Å². The van der Waals surface area contributed by atoms with Gasteiger partial charge in [0.25, 0.3) is 11.6 Å². The van der Waals surface area contributed by atoms with Crippen molar-refractivity contribution in [2.24, 2.45) is 11.3 Å². The summed E-state index contributed by atoms with van der Waals surface area (Å²) in [5, 5.41) is 14.0. The minimum Gasteiger partial charge on any atom is -0.323 e.